The molecule has 0 saturated carbocycles. The van der Waals surface area contributed by atoms with Crippen LogP contribution in [0.25, 0.3) is 0 Å². The Morgan fingerprint density at radius 1 is 1.24 bits per heavy atom. The van der Waals surface area contributed by atoms with Gasteiger partial charge in [-0.25, -0.2) is 4.98 Å². The van der Waals surface area contributed by atoms with E-state index in [4.69, 9.17) is 0 Å². The van der Waals surface area contributed by atoms with Crippen LogP contribution < -0.4 is 10.6 Å². The molecule has 134 valence electrons. The van der Waals surface area contributed by atoms with Crippen molar-refractivity contribution >= 4 is 17.5 Å². The molecule has 10 heteroatoms. The lowest BCUT2D eigenvalue weighted by molar-refractivity contribution is -0.384. The van der Waals surface area contributed by atoms with E-state index in [2.05, 4.69) is 20.6 Å². The van der Waals surface area contributed by atoms with E-state index in [0.717, 1.165) is 6.07 Å². The largest absolute Gasteiger partial charge is 0.433 e. The van der Waals surface area contributed by atoms with Gasteiger partial charge in [0.2, 0.25) is 5.95 Å². The Bertz CT molecular complexity index is 765. The van der Waals surface area contributed by atoms with Crippen molar-refractivity contribution in [2.75, 3.05) is 10.6 Å². The molecule has 2 N–H and O–H groups in total. The Morgan fingerprint density at radius 2 is 1.96 bits per heavy atom. The van der Waals surface area contributed by atoms with Gasteiger partial charge in [-0.2, -0.15) is 18.2 Å². The number of nitro benzene ring substituents is 1. The minimum Gasteiger partial charge on any atom is -0.366 e. The minimum absolute atomic E-state index is 0.0306. The molecule has 1 aromatic carbocycles. The third kappa shape index (κ3) is 5.30. The number of rotatable bonds is 6. The van der Waals surface area contributed by atoms with E-state index in [1.54, 1.807) is 19.9 Å². The lowest BCUT2D eigenvalue weighted by Gasteiger charge is -2.14. The number of nitrogens with zero attached hydrogens (tertiary/aromatic N) is 3. The second kappa shape index (κ2) is 7.32. The number of anilines is 2. The van der Waals surface area contributed by atoms with Gasteiger partial charge < -0.3 is 10.6 Å². The predicted molar refractivity (Wildman–Crippen MR) is 86.2 cm³/mol. The van der Waals surface area contributed by atoms with Crippen molar-refractivity contribution < 1.29 is 18.1 Å². The van der Waals surface area contributed by atoms with Crippen LogP contribution in [-0.2, 0) is 12.7 Å². The summed E-state index contributed by atoms with van der Waals surface area (Å²) in [5, 5.41) is 16.2. The van der Waals surface area contributed by atoms with Gasteiger partial charge in [-0.3, -0.25) is 10.1 Å². The Hall–Kier alpha value is -2.91. The van der Waals surface area contributed by atoms with Crippen molar-refractivity contribution in [3.63, 3.8) is 0 Å². The van der Waals surface area contributed by atoms with E-state index in [-0.39, 0.29) is 30.0 Å². The summed E-state index contributed by atoms with van der Waals surface area (Å²) in [6, 6.07) is 6.45. The second-order valence-corrected chi connectivity index (χ2v) is 5.54. The molecule has 1 heterocycles. The van der Waals surface area contributed by atoms with E-state index in [9.17, 15) is 23.3 Å². The molecule has 0 unspecified atom stereocenters. The summed E-state index contributed by atoms with van der Waals surface area (Å²) in [4.78, 5) is 17.7. The van der Waals surface area contributed by atoms with Crippen molar-refractivity contribution in [1.29, 1.82) is 0 Å². The molecule has 0 amide bonds. The lowest BCUT2D eigenvalue weighted by atomic mass is 10.2. The summed E-state index contributed by atoms with van der Waals surface area (Å²) in [5.41, 5.74) is -0.632. The summed E-state index contributed by atoms with van der Waals surface area (Å²) >= 11 is 0. The van der Waals surface area contributed by atoms with Crippen LogP contribution in [0.15, 0.2) is 30.3 Å². The van der Waals surface area contributed by atoms with Crippen molar-refractivity contribution in [3.05, 3.63) is 51.7 Å². The molecule has 0 aliphatic carbocycles. The number of nitro groups is 1. The van der Waals surface area contributed by atoms with Crippen molar-refractivity contribution in [2.24, 2.45) is 0 Å². The summed E-state index contributed by atoms with van der Waals surface area (Å²) in [6.07, 6.45) is -4.61. The average molecular weight is 355 g/mol. The highest BCUT2D eigenvalue weighted by Crippen LogP contribution is 2.30. The van der Waals surface area contributed by atoms with E-state index in [0.29, 0.717) is 5.56 Å². The van der Waals surface area contributed by atoms with Crippen molar-refractivity contribution in [2.45, 2.75) is 32.6 Å². The van der Waals surface area contributed by atoms with E-state index in [1.165, 1.54) is 18.2 Å². The highest BCUT2D eigenvalue weighted by Gasteiger charge is 2.33. The molecule has 2 aromatic rings. The molecule has 0 aliphatic heterocycles. The maximum absolute atomic E-state index is 13.0. The zero-order valence-electron chi connectivity index (χ0n) is 13.5. The summed E-state index contributed by atoms with van der Waals surface area (Å²) in [7, 11) is 0. The number of alkyl halides is 3. The minimum atomic E-state index is -4.61. The van der Waals surface area contributed by atoms with Crippen molar-refractivity contribution in [3.8, 4) is 0 Å². The summed E-state index contributed by atoms with van der Waals surface area (Å²) in [6.45, 7) is 3.58. The molecule has 2 rings (SSSR count). The molecular formula is C15H16F3N5O2. The molecule has 0 aliphatic rings. The second-order valence-electron chi connectivity index (χ2n) is 5.54. The van der Waals surface area contributed by atoms with Gasteiger partial charge in [0.05, 0.1) is 4.92 Å². The molecule has 0 atom stereocenters. The number of nitrogens with one attached hydrogen (secondary N) is 2. The maximum atomic E-state index is 13.0. The Kier molecular flexibility index (Phi) is 5.40. The number of aromatic nitrogens is 2. The smallest absolute Gasteiger partial charge is 0.366 e. The van der Waals surface area contributed by atoms with Crippen LogP contribution in [0, 0.1) is 10.1 Å². The average Bonchev–Trinajstić information content (AvgIpc) is 2.51. The van der Waals surface area contributed by atoms with Crippen LogP contribution in [0.5, 0.6) is 0 Å². The molecule has 0 radical (unpaired) electrons. The maximum Gasteiger partial charge on any atom is 0.433 e. The molecule has 1 aromatic heterocycles. The Balaban J connectivity index is 2.23. The highest BCUT2D eigenvalue weighted by molar-refractivity contribution is 5.44. The monoisotopic (exact) mass is 355 g/mol. The first-order valence-corrected chi connectivity index (χ1v) is 7.35. The third-order valence-electron chi connectivity index (χ3n) is 3.03. The number of hydrogen-bond acceptors (Lipinski definition) is 6. The van der Waals surface area contributed by atoms with Crippen LogP contribution in [0.1, 0.15) is 25.1 Å². The fraction of sp³-hybridized carbons (Fsp3) is 0.333. The number of halogens is 3. The first-order chi connectivity index (χ1) is 11.6. The predicted octanol–water partition coefficient (Wildman–Crippen LogP) is 3.84. The van der Waals surface area contributed by atoms with Crippen LogP contribution in [-0.4, -0.2) is 20.9 Å². The third-order valence-corrected chi connectivity index (χ3v) is 3.03. The van der Waals surface area contributed by atoms with Gasteiger partial charge in [0.15, 0.2) is 5.69 Å². The Morgan fingerprint density at radius 3 is 2.56 bits per heavy atom. The van der Waals surface area contributed by atoms with Gasteiger partial charge in [-0.15, -0.1) is 0 Å². The summed E-state index contributed by atoms with van der Waals surface area (Å²) in [5.74, 6) is -0.177. The van der Waals surface area contributed by atoms with Gasteiger partial charge in [0, 0.05) is 30.8 Å². The zero-order chi connectivity index (χ0) is 18.6. The fourth-order valence-corrected chi connectivity index (χ4v) is 1.98. The molecular weight excluding hydrogens is 339 g/mol. The first-order valence-electron chi connectivity index (χ1n) is 7.35. The number of benzene rings is 1. The number of hydrogen-bond donors (Lipinski definition) is 2. The topological polar surface area (TPSA) is 93.0 Å². The van der Waals surface area contributed by atoms with Crippen LogP contribution in [0.4, 0.5) is 30.6 Å². The van der Waals surface area contributed by atoms with Gasteiger partial charge in [0.1, 0.15) is 5.82 Å². The molecule has 7 nitrogen and oxygen atoms in total. The van der Waals surface area contributed by atoms with Gasteiger partial charge in [-0.05, 0) is 19.4 Å². The van der Waals surface area contributed by atoms with Gasteiger partial charge in [0.25, 0.3) is 5.69 Å². The van der Waals surface area contributed by atoms with E-state index in [1.807, 2.05) is 0 Å². The quantitative estimate of drug-likeness (QED) is 0.604. The molecule has 0 saturated heterocycles. The number of non-ortho nitro benzene ring substituents is 1. The molecule has 0 bridgehead atoms. The normalized spacial score (nSPS) is 11.4. The standard InChI is InChI=1S/C15H16F3N5O2/c1-9(2)20-14-21-12(15(16,17)18)7-13(22-14)19-8-10-4-3-5-11(6-10)23(24)25/h3-7,9H,8H2,1-2H3,(H2,19,20,21,22). The van der Waals surface area contributed by atoms with Gasteiger partial charge >= 0.3 is 6.18 Å². The van der Waals surface area contributed by atoms with Gasteiger partial charge in [-0.1, -0.05) is 12.1 Å². The molecule has 0 spiro atoms. The van der Waals surface area contributed by atoms with E-state index < -0.39 is 16.8 Å². The van der Waals surface area contributed by atoms with E-state index >= 15 is 0 Å². The highest BCUT2D eigenvalue weighted by atomic mass is 19.4. The first kappa shape index (κ1) is 18.4. The lowest BCUT2D eigenvalue weighted by Crippen LogP contribution is -2.17. The molecule has 0 fully saturated rings. The van der Waals surface area contributed by atoms with Crippen LogP contribution in [0.3, 0.4) is 0 Å². The fourth-order valence-electron chi connectivity index (χ4n) is 1.98. The zero-order valence-corrected chi connectivity index (χ0v) is 13.5. The Labute approximate surface area is 141 Å². The molecule has 25 heavy (non-hydrogen) atoms. The summed E-state index contributed by atoms with van der Waals surface area (Å²) < 4.78 is 38.9. The van der Waals surface area contributed by atoms with Crippen molar-refractivity contribution in [1.82, 2.24) is 9.97 Å². The van der Waals surface area contributed by atoms with Crippen LogP contribution in [0.2, 0.25) is 0 Å². The SMILES string of the molecule is CC(C)Nc1nc(NCc2cccc([N+](=O)[O-])c2)cc(C(F)(F)F)n1. The van der Waals surface area contributed by atoms with Crippen LogP contribution >= 0.6 is 0 Å².